The number of hydrogen-bond acceptors (Lipinski definition) is 4. The number of piperidine rings is 1. The average molecular weight is 488 g/mol. The van der Waals surface area contributed by atoms with Crippen molar-refractivity contribution < 1.29 is 18.3 Å². The Morgan fingerprint density at radius 3 is 2.71 bits per heavy atom. The Kier molecular flexibility index (Phi) is 6.25. The normalized spacial score (nSPS) is 19.4. The van der Waals surface area contributed by atoms with E-state index in [1.165, 1.54) is 0 Å². The molecule has 1 saturated heterocycles. The lowest BCUT2D eigenvalue weighted by molar-refractivity contribution is -0.122. The fourth-order valence-corrected chi connectivity index (χ4v) is 5.57. The van der Waals surface area contributed by atoms with Gasteiger partial charge in [-0.15, -0.1) is 0 Å². The highest BCUT2D eigenvalue weighted by atomic mass is 35.5. The number of carbonyl (C=O) groups is 1. The van der Waals surface area contributed by atoms with Crippen molar-refractivity contribution in [1.29, 1.82) is 0 Å². The molecule has 5 nitrogen and oxygen atoms in total. The van der Waals surface area contributed by atoms with Gasteiger partial charge in [0, 0.05) is 28.6 Å². The standard InChI is InChI=1S/C26H28ClF2N3O2/c1-17-2-3-18-14-20(5-7-23(18)32(17)16-24(28)29)34-13-12-31-10-8-26(9-11-31)21-15-19(27)4-6-22(21)30-25(26)33/h4-7,14-15,24H,1-3,8-13,16H2,(H,30,33). The van der Waals surface area contributed by atoms with Crippen molar-refractivity contribution in [3.8, 4) is 5.75 Å². The fraction of sp³-hybridized carbons (Fsp3) is 0.423. The maximum Gasteiger partial charge on any atom is 0.256 e. The van der Waals surface area contributed by atoms with Crippen LogP contribution in [0.2, 0.25) is 5.02 Å². The lowest BCUT2D eigenvalue weighted by Gasteiger charge is -2.38. The summed E-state index contributed by atoms with van der Waals surface area (Å²) in [6.07, 6.45) is 0.514. The topological polar surface area (TPSA) is 44.8 Å². The van der Waals surface area contributed by atoms with Crippen LogP contribution in [0.3, 0.4) is 0 Å². The first-order valence-corrected chi connectivity index (χ1v) is 12.1. The van der Waals surface area contributed by atoms with E-state index in [0.717, 1.165) is 72.8 Å². The Bertz CT molecular complexity index is 1120. The molecule has 1 fully saturated rings. The smallest absolute Gasteiger partial charge is 0.256 e. The van der Waals surface area contributed by atoms with Crippen molar-refractivity contribution >= 4 is 28.9 Å². The number of hydrogen-bond donors (Lipinski definition) is 1. The van der Waals surface area contributed by atoms with Gasteiger partial charge < -0.3 is 15.0 Å². The van der Waals surface area contributed by atoms with Crippen molar-refractivity contribution in [2.45, 2.75) is 37.5 Å². The van der Waals surface area contributed by atoms with Crippen LogP contribution in [-0.2, 0) is 16.6 Å². The van der Waals surface area contributed by atoms with Crippen molar-refractivity contribution in [1.82, 2.24) is 4.90 Å². The molecule has 0 atom stereocenters. The zero-order chi connectivity index (χ0) is 23.9. The van der Waals surface area contributed by atoms with Crippen molar-refractivity contribution in [3.05, 3.63) is 64.8 Å². The first-order valence-electron chi connectivity index (χ1n) is 11.7. The number of fused-ring (bicyclic) bond motifs is 3. The number of halogens is 3. The van der Waals surface area contributed by atoms with Gasteiger partial charge in [0.25, 0.3) is 6.43 Å². The largest absolute Gasteiger partial charge is 0.492 e. The fourth-order valence-electron chi connectivity index (χ4n) is 5.40. The number of aryl methyl sites for hydroxylation is 1. The van der Waals surface area contributed by atoms with Gasteiger partial charge in [-0.3, -0.25) is 9.69 Å². The molecule has 180 valence electrons. The van der Waals surface area contributed by atoms with Gasteiger partial charge in [-0.25, -0.2) is 8.78 Å². The highest BCUT2D eigenvalue weighted by Gasteiger charge is 2.48. The summed E-state index contributed by atoms with van der Waals surface area (Å²) in [6, 6.07) is 11.2. The zero-order valence-electron chi connectivity index (χ0n) is 19.0. The molecule has 1 amide bonds. The molecule has 0 bridgehead atoms. The van der Waals surface area contributed by atoms with Crippen molar-refractivity contribution in [3.63, 3.8) is 0 Å². The molecule has 0 radical (unpaired) electrons. The molecule has 1 N–H and O–H groups in total. The van der Waals surface area contributed by atoms with Crippen LogP contribution in [0.25, 0.3) is 0 Å². The van der Waals surface area contributed by atoms with Crippen LogP contribution in [0.1, 0.15) is 30.4 Å². The monoisotopic (exact) mass is 487 g/mol. The van der Waals surface area contributed by atoms with E-state index in [9.17, 15) is 13.6 Å². The van der Waals surface area contributed by atoms with E-state index < -0.39 is 11.8 Å². The molecular weight excluding hydrogens is 460 g/mol. The predicted octanol–water partition coefficient (Wildman–Crippen LogP) is 5.24. The van der Waals surface area contributed by atoms with Gasteiger partial charge in [0.1, 0.15) is 12.4 Å². The highest BCUT2D eigenvalue weighted by Crippen LogP contribution is 2.45. The molecule has 2 aromatic carbocycles. The molecule has 3 heterocycles. The number of nitrogens with zero attached hydrogens (tertiary/aromatic N) is 2. The number of rotatable bonds is 6. The summed E-state index contributed by atoms with van der Waals surface area (Å²) in [6.45, 7) is 6.49. The summed E-state index contributed by atoms with van der Waals surface area (Å²) in [7, 11) is 0. The number of allylic oxidation sites excluding steroid dienone is 1. The number of nitrogens with one attached hydrogen (secondary N) is 1. The number of anilines is 2. The van der Waals surface area contributed by atoms with Crippen LogP contribution >= 0.6 is 11.6 Å². The minimum Gasteiger partial charge on any atom is -0.492 e. The lowest BCUT2D eigenvalue weighted by Crippen LogP contribution is -2.47. The Balaban J connectivity index is 1.17. The first-order chi connectivity index (χ1) is 16.4. The van der Waals surface area contributed by atoms with Crippen molar-refractivity contribution in [2.75, 3.05) is 43.0 Å². The Labute approximate surface area is 203 Å². The lowest BCUT2D eigenvalue weighted by atomic mass is 9.73. The second-order valence-electron chi connectivity index (χ2n) is 9.27. The molecule has 0 aliphatic carbocycles. The third-order valence-corrected chi connectivity index (χ3v) is 7.53. The summed E-state index contributed by atoms with van der Waals surface area (Å²) in [5.74, 6) is 0.814. The number of ether oxygens (including phenoxy) is 1. The number of benzene rings is 2. The summed E-state index contributed by atoms with van der Waals surface area (Å²) in [4.78, 5) is 16.7. The van der Waals surface area contributed by atoms with Crippen LogP contribution in [0.4, 0.5) is 20.2 Å². The molecule has 5 rings (SSSR count). The molecule has 0 aromatic heterocycles. The van der Waals surface area contributed by atoms with Crippen LogP contribution < -0.4 is 15.0 Å². The van der Waals surface area contributed by atoms with E-state index in [-0.39, 0.29) is 12.5 Å². The van der Waals surface area contributed by atoms with E-state index in [1.54, 1.807) is 11.0 Å². The van der Waals surface area contributed by atoms with E-state index in [1.807, 2.05) is 30.3 Å². The molecule has 1 spiro atoms. The van der Waals surface area contributed by atoms with E-state index in [4.69, 9.17) is 16.3 Å². The number of carbonyl (C=O) groups excluding carboxylic acids is 1. The van der Waals surface area contributed by atoms with E-state index in [2.05, 4.69) is 16.8 Å². The summed E-state index contributed by atoms with van der Waals surface area (Å²) in [5, 5.41) is 3.66. The molecule has 8 heteroatoms. The second-order valence-corrected chi connectivity index (χ2v) is 9.71. The quantitative estimate of drug-likeness (QED) is 0.605. The third kappa shape index (κ3) is 4.27. The molecule has 0 saturated carbocycles. The molecule has 3 aliphatic heterocycles. The number of amides is 1. The van der Waals surface area contributed by atoms with Gasteiger partial charge in [-0.05, 0) is 86.3 Å². The van der Waals surface area contributed by atoms with Gasteiger partial charge >= 0.3 is 0 Å². The molecule has 0 unspecified atom stereocenters. The number of alkyl halides is 2. The van der Waals surface area contributed by atoms with E-state index in [0.29, 0.717) is 18.1 Å². The van der Waals surface area contributed by atoms with Gasteiger partial charge in [0.05, 0.1) is 12.0 Å². The third-order valence-electron chi connectivity index (χ3n) is 7.29. The highest BCUT2D eigenvalue weighted by molar-refractivity contribution is 6.31. The van der Waals surface area contributed by atoms with Crippen LogP contribution in [0, 0.1) is 0 Å². The average Bonchev–Trinajstić information content (AvgIpc) is 3.07. The van der Waals surface area contributed by atoms with Gasteiger partial charge in [-0.1, -0.05) is 18.2 Å². The van der Waals surface area contributed by atoms with Gasteiger partial charge in [-0.2, -0.15) is 0 Å². The van der Waals surface area contributed by atoms with Crippen LogP contribution in [0.15, 0.2) is 48.7 Å². The summed E-state index contributed by atoms with van der Waals surface area (Å²) >= 11 is 6.20. The maximum absolute atomic E-state index is 13.0. The van der Waals surface area contributed by atoms with E-state index >= 15 is 0 Å². The SMILES string of the molecule is C=C1CCc2cc(OCCN3CCC4(CC3)C(=O)Nc3ccc(Cl)cc34)ccc2N1CC(F)F. The molecular formula is C26H28ClF2N3O2. The Morgan fingerprint density at radius 1 is 1.15 bits per heavy atom. The summed E-state index contributed by atoms with van der Waals surface area (Å²) in [5.41, 5.74) is 3.91. The molecule has 34 heavy (non-hydrogen) atoms. The predicted molar refractivity (Wildman–Crippen MR) is 130 cm³/mol. The minimum atomic E-state index is -2.41. The summed E-state index contributed by atoms with van der Waals surface area (Å²) < 4.78 is 32.0. The van der Waals surface area contributed by atoms with Crippen molar-refractivity contribution in [2.24, 2.45) is 0 Å². The maximum atomic E-state index is 13.0. The first kappa shape index (κ1) is 23.1. The minimum absolute atomic E-state index is 0.0679. The zero-order valence-corrected chi connectivity index (χ0v) is 19.7. The van der Waals surface area contributed by atoms with Gasteiger partial charge in [0.2, 0.25) is 5.91 Å². The van der Waals surface area contributed by atoms with Gasteiger partial charge in [0.15, 0.2) is 0 Å². The second kappa shape index (κ2) is 9.19. The Hall–Kier alpha value is -2.64. The molecule has 2 aromatic rings. The number of likely N-dealkylation sites (tertiary alicyclic amines) is 1. The van der Waals surface area contributed by atoms with Crippen LogP contribution in [-0.4, -0.2) is 50.0 Å². The molecule has 3 aliphatic rings. The van der Waals surface area contributed by atoms with Crippen LogP contribution in [0.5, 0.6) is 5.75 Å². The Morgan fingerprint density at radius 2 is 1.94 bits per heavy atom.